The third-order valence-corrected chi connectivity index (χ3v) is 7.64. The zero-order chi connectivity index (χ0) is 27.0. The Bertz CT molecular complexity index is 1290. The summed E-state index contributed by atoms with van der Waals surface area (Å²) in [7, 11) is 0. The van der Waals surface area contributed by atoms with E-state index in [2.05, 4.69) is 16.4 Å². The number of aliphatic hydroxyl groups is 1. The van der Waals surface area contributed by atoms with Gasteiger partial charge in [0.2, 0.25) is 11.8 Å². The molecule has 0 unspecified atom stereocenters. The largest absolute Gasteiger partial charge is 0.443 e. The Balaban J connectivity index is 1.26. The maximum atomic E-state index is 13.8. The van der Waals surface area contributed by atoms with Gasteiger partial charge in [-0.1, -0.05) is 50.3 Å². The van der Waals surface area contributed by atoms with E-state index in [1.165, 1.54) is 11.3 Å². The van der Waals surface area contributed by atoms with Crippen LogP contribution in [0.2, 0.25) is 0 Å². The van der Waals surface area contributed by atoms with E-state index < -0.39 is 18.2 Å². The number of nitrogens with one attached hydrogen (secondary N) is 1. The van der Waals surface area contributed by atoms with Crippen molar-refractivity contribution >= 4 is 17.7 Å². The molecule has 0 saturated carbocycles. The number of hydrogen-bond donors (Lipinski definition) is 2. The normalized spacial score (nSPS) is 21.9. The number of hydrogen-bond acceptors (Lipinski definition) is 6. The van der Waals surface area contributed by atoms with Crippen LogP contribution in [0.5, 0.6) is 0 Å². The Morgan fingerprint density at radius 1 is 1.24 bits per heavy atom. The van der Waals surface area contributed by atoms with Crippen LogP contribution in [0.1, 0.15) is 44.4 Å². The smallest absolute Gasteiger partial charge is 0.251 e. The minimum Gasteiger partial charge on any atom is -0.443 e. The lowest BCUT2D eigenvalue weighted by atomic mass is 9.99. The van der Waals surface area contributed by atoms with E-state index >= 15 is 0 Å². The molecule has 9 heteroatoms. The standard InChI is InChI=1S/C29H34N4O5/c1-17(2)25(33-14-21-6-4-5-7-23(21)28(33)36)29(37)32-15-22(34)12-24(32)27(35)30-13-19-8-10-20(11-9-19)26-18(3)31-16-38-26/h4,6,8-11,16-17,22,24-25,34H,5,7,12-15H2,1-3H3,(H,30,35)/t22-,24+,25+/m1/s1. The number of aromatic nitrogens is 1. The average Bonchev–Trinajstić information content (AvgIpc) is 3.60. The van der Waals surface area contributed by atoms with E-state index in [9.17, 15) is 19.5 Å². The number of oxazole rings is 1. The van der Waals surface area contributed by atoms with Gasteiger partial charge in [0.15, 0.2) is 12.2 Å². The summed E-state index contributed by atoms with van der Waals surface area (Å²) >= 11 is 0. The molecule has 3 amide bonds. The summed E-state index contributed by atoms with van der Waals surface area (Å²) in [5.41, 5.74) is 4.35. The summed E-state index contributed by atoms with van der Waals surface area (Å²) in [6.07, 6.45) is 6.32. The number of carbonyl (C=O) groups is 3. The van der Waals surface area contributed by atoms with Gasteiger partial charge in [-0.25, -0.2) is 4.98 Å². The molecule has 1 saturated heterocycles. The summed E-state index contributed by atoms with van der Waals surface area (Å²) < 4.78 is 5.43. The van der Waals surface area contributed by atoms with Crippen molar-refractivity contribution in [3.63, 3.8) is 0 Å². The first-order valence-corrected chi connectivity index (χ1v) is 13.2. The summed E-state index contributed by atoms with van der Waals surface area (Å²) in [6, 6.07) is 6.13. The Labute approximate surface area is 222 Å². The molecule has 1 aromatic carbocycles. The second kappa shape index (κ2) is 10.6. The van der Waals surface area contributed by atoms with Gasteiger partial charge in [0.05, 0.1) is 11.8 Å². The minimum atomic E-state index is -0.796. The van der Waals surface area contributed by atoms with Gasteiger partial charge in [0.1, 0.15) is 12.1 Å². The number of carbonyl (C=O) groups excluding carboxylic acids is 3. The van der Waals surface area contributed by atoms with Gasteiger partial charge >= 0.3 is 0 Å². The molecule has 200 valence electrons. The Morgan fingerprint density at radius 3 is 2.66 bits per heavy atom. The van der Waals surface area contributed by atoms with Gasteiger partial charge in [-0.3, -0.25) is 14.4 Å². The van der Waals surface area contributed by atoms with Crippen molar-refractivity contribution in [3.05, 3.63) is 65.2 Å². The SMILES string of the molecule is Cc1ncoc1-c1ccc(CNC(=O)[C@@H]2C[C@@H](O)CN2C(=O)[C@H](C(C)C)N2CC3=C(CCC=C3)C2=O)cc1. The zero-order valence-corrected chi connectivity index (χ0v) is 22.0. The van der Waals surface area contributed by atoms with Gasteiger partial charge in [0, 0.05) is 37.2 Å². The highest BCUT2D eigenvalue weighted by Gasteiger charge is 2.46. The Morgan fingerprint density at radius 2 is 2.00 bits per heavy atom. The summed E-state index contributed by atoms with van der Waals surface area (Å²) in [6.45, 7) is 6.45. The summed E-state index contributed by atoms with van der Waals surface area (Å²) in [4.78, 5) is 47.5. The van der Waals surface area contributed by atoms with Gasteiger partial charge in [-0.2, -0.15) is 0 Å². The van der Waals surface area contributed by atoms with E-state index in [0.717, 1.165) is 34.4 Å². The molecule has 2 aromatic rings. The van der Waals surface area contributed by atoms with E-state index in [1.807, 2.05) is 51.1 Å². The van der Waals surface area contributed by atoms with Crippen LogP contribution in [0.25, 0.3) is 11.3 Å². The molecule has 2 aliphatic heterocycles. The predicted molar refractivity (Wildman–Crippen MR) is 140 cm³/mol. The number of likely N-dealkylation sites (tertiary alicyclic amines) is 1. The van der Waals surface area contributed by atoms with Crippen molar-refractivity contribution in [1.29, 1.82) is 0 Å². The number of allylic oxidation sites excluding steroid dienone is 1. The number of nitrogens with zero attached hydrogens (tertiary/aromatic N) is 3. The monoisotopic (exact) mass is 518 g/mol. The van der Waals surface area contributed by atoms with Crippen LogP contribution in [0.15, 0.2) is 58.4 Å². The predicted octanol–water partition coefficient (Wildman–Crippen LogP) is 2.74. The fourth-order valence-electron chi connectivity index (χ4n) is 5.67. The molecule has 3 heterocycles. The lowest BCUT2D eigenvalue weighted by Crippen LogP contribution is -2.56. The van der Waals surface area contributed by atoms with Crippen molar-refractivity contribution in [3.8, 4) is 11.3 Å². The number of β-amino-alcohol motifs (C(OH)–C–C–N with tert-alkyl or cyclic N) is 1. The lowest BCUT2D eigenvalue weighted by Gasteiger charge is -2.35. The molecular formula is C29H34N4O5. The van der Waals surface area contributed by atoms with Crippen LogP contribution >= 0.6 is 0 Å². The average molecular weight is 519 g/mol. The maximum Gasteiger partial charge on any atom is 0.251 e. The third kappa shape index (κ3) is 4.90. The van der Waals surface area contributed by atoms with Crippen molar-refractivity contribution in [2.24, 2.45) is 5.92 Å². The molecule has 3 aliphatic rings. The molecule has 3 atom stereocenters. The molecule has 38 heavy (non-hydrogen) atoms. The molecule has 1 aliphatic carbocycles. The second-order valence-electron chi connectivity index (χ2n) is 10.6. The molecule has 5 rings (SSSR count). The number of benzene rings is 1. The van der Waals surface area contributed by atoms with Crippen molar-refractivity contribution in [2.75, 3.05) is 13.1 Å². The van der Waals surface area contributed by atoms with Gasteiger partial charge in [-0.05, 0) is 36.8 Å². The van der Waals surface area contributed by atoms with Crippen LogP contribution < -0.4 is 5.32 Å². The summed E-state index contributed by atoms with van der Waals surface area (Å²) in [5, 5.41) is 13.3. The maximum absolute atomic E-state index is 13.8. The van der Waals surface area contributed by atoms with Crippen LogP contribution in [-0.4, -0.2) is 68.9 Å². The second-order valence-corrected chi connectivity index (χ2v) is 10.6. The molecule has 0 bridgehead atoms. The lowest BCUT2D eigenvalue weighted by molar-refractivity contribution is -0.148. The fraction of sp³-hybridized carbons (Fsp3) is 0.448. The molecule has 1 fully saturated rings. The van der Waals surface area contributed by atoms with E-state index in [4.69, 9.17) is 4.42 Å². The van der Waals surface area contributed by atoms with Crippen LogP contribution in [0.4, 0.5) is 0 Å². The molecular weight excluding hydrogens is 484 g/mol. The topological polar surface area (TPSA) is 116 Å². The van der Waals surface area contributed by atoms with E-state index in [0.29, 0.717) is 18.7 Å². The van der Waals surface area contributed by atoms with Crippen LogP contribution in [0.3, 0.4) is 0 Å². The number of aryl methyl sites for hydroxylation is 1. The number of rotatable bonds is 7. The van der Waals surface area contributed by atoms with E-state index in [1.54, 1.807) is 4.90 Å². The zero-order valence-electron chi connectivity index (χ0n) is 22.0. The van der Waals surface area contributed by atoms with Crippen molar-refractivity contribution in [1.82, 2.24) is 20.1 Å². The van der Waals surface area contributed by atoms with Gasteiger partial charge in [0.25, 0.3) is 5.91 Å². The first-order chi connectivity index (χ1) is 18.2. The third-order valence-electron chi connectivity index (χ3n) is 7.64. The number of amides is 3. The Kier molecular flexibility index (Phi) is 7.21. The molecule has 0 spiro atoms. The quantitative estimate of drug-likeness (QED) is 0.582. The van der Waals surface area contributed by atoms with E-state index in [-0.39, 0.29) is 43.1 Å². The van der Waals surface area contributed by atoms with Crippen LogP contribution in [-0.2, 0) is 20.9 Å². The molecule has 1 aromatic heterocycles. The van der Waals surface area contributed by atoms with Crippen molar-refractivity contribution < 1.29 is 23.9 Å². The minimum absolute atomic E-state index is 0.0699. The fourth-order valence-corrected chi connectivity index (χ4v) is 5.67. The van der Waals surface area contributed by atoms with Gasteiger partial charge in [-0.15, -0.1) is 0 Å². The molecule has 9 nitrogen and oxygen atoms in total. The van der Waals surface area contributed by atoms with Crippen molar-refractivity contribution in [2.45, 2.75) is 64.8 Å². The van der Waals surface area contributed by atoms with Crippen LogP contribution in [0, 0.1) is 12.8 Å². The van der Waals surface area contributed by atoms with Gasteiger partial charge < -0.3 is 24.6 Å². The first-order valence-electron chi connectivity index (χ1n) is 13.2. The molecule has 2 N–H and O–H groups in total. The first kappa shape index (κ1) is 25.9. The number of aliphatic hydroxyl groups excluding tert-OH is 1. The summed E-state index contributed by atoms with van der Waals surface area (Å²) in [5.74, 6) is -0.148. The Hall–Kier alpha value is -3.72. The highest BCUT2D eigenvalue weighted by molar-refractivity contribution is 6.01. The molecule has 0 radical (unpaired) electrons. The highest BCUT2D eigenvalue weighted by Crippen LogP contribution is 2.32. The highest BCUT2D eigenvalue weighted by atomic mass is 16.3.